The molecule has 0 heterocycles. The van der Waals surface area contributed by atoms with E-state index in [-0.39, 0.29) is 17.2 Å². The minimum Gasteiger partial charge on any atom is -0.373 e. The monoisotopic (exact) mass is 230 g/mol. The zero-order valence-corrected chi connectivity index (χ0v) is 9.18. The summed E-state index contributed by atoms with van der Waals surface area (Å²) < 4.78 is 18.3. The van der Waals surface area contributed by atoms with Gasteiger partial charge >= 0.3 is 0 Å². The van der Waals surface area contributed by atoms with Crippen LogP contribution in [0.4, 0.5) is 4.39 Å². The average molecular weight is 231 g/mol. The molecule has 15 heavy (non-hydrogen) atoms. The molecule has 0 aromatic heterocycles. The zero-order valence-electron chi connectivity index (χ0n) is 8.43. The van der Waals surface area contributed by atoms with Crippen molar-refractivity contribution in [3.05, 3.63) is 34.6 Å². The summed E-state index contributed by atoms with van der Waals surface area (Å²) in [6.07, 6.45) is 0.818. The van der Waals surface area contributed by atoms with Crippen LogP contribution in [0, 0.1) is 5.82 Å². The number of hydrogen-bond acceptors (Lipinski definition) is 2. The smallest absolute Gasteiger partial charge is 0.192 e. The maximum absolute atomic E-state index is 13.2. The van der Waals surface area contributed by atoms with Gasteiger partial charge in [0.25, 0.3) is 0 Å². The molecule has 0 saturated heterocycles. The van der Waals surface area contributed by atoms with E-state index >= 15 is 0 Å². The lowest BCUT2D eigenvalue weighted by molar-refractivity contribution is 0.0757. The van der Waals surface area contributed by atoms with Crippen molar-refractivity contribution in [1.82, 2.24) is 0 Å². The van der Waals surface area contributed by atoms with E-state index in [1.54, 1.807) is 0 Å². The lowest BCUT2D eigenvalue weighted by Gasteiger charge is -2.05. The van der Waals surface area contributed by atoms with E-state index in [2.05, 4.69) is 0 Å². The molecule has 4 heteroatoms. The maximum atomic E-state index is 13.2. The van der Waals surface area contributed by atoms with Gasteiger partial charge in [0, 0.05) is 6.61 Å². The van der Waals surface area contributed by atoms with Crippen LogP contribution in [0.3, 0.4) is 0 Å². The molecule has 1 rings (SSSR count). The van der Waals surface area contributed by atoms with Gasteiger partial charge < -0.3 is 4.74 Å². The summed E-state index contributed by atoms with van der Waals surface area (Å²) in [5.74, 6) is -1.03. The standard InChI is InChI=1S/C11H12ClFO2/c1-2-6-15-7-10(14)11-8(12)4-3-5-9(11)13/h3-5H,2,6-7H2,1H3. The maximum Gasteiger partial charge on any atom is 0.192 e. The van der Waals surface area contributed by atoms with Gasteiger partial charge in [-0.3, -0.25) is 4.79 Å². The Bertz CT molecular complexity index is 332. The minimum atomic E-state index is -0.604. The average Bonchev–Trinajstić information content (AvgIpc) is 2.18. The number of carbonyl (C=O) groups is 1. The van der Waals surface area contributed by atoms with Gasteiger partial charge in [0.15, 0.2) is 5.78 Å². The van der Waals surface area contributed by atoms with Gasteiger partial charge in [0.05, 0.1) is 10.6 Å². The van der Waals surface area contributed by atoms with Crippen molar-refractivity contribution in [2.24, 2.45) is 0 Å². The molecule has 0 fully saturated rings. The van der Waals surface area contributed by atoms with Crippen molar-refractivity contribution in [3.8, 4) is 0 Å². The number of ether oxygens (including phenoxy) is 1. The molecule has 0 N–H and O–H groups in total. The highest BCUT2D eigenvalue weighted by atomic mass is 35.5. The molecule has 0 spiro atoms. The second-order valence-electron chi connectivity index (χ2n) is 3.07. The number of rotatable bonds is 5. The topological polar surface area (TPSA) is 26.3 Å². The largest absolute Gasteiger partial charge is 0.373 e. The summed E-state index contributed by atoms with van der Waals surface area (Å²) >= 11 is 5.72. The third-order valence-corrected chi connectivity index (χ3v) is 2.14. The van der Waals surface area contributed by atoms with E-state index in [4.69, 9.17) is 16.3 Å². The Kier molecular flexibility index (Phi) is 4.72. The van der Waals surface area contributed by atoms with Gasteiger partial charge in [-0.05, 0) is 18.6 Å². The van der Waals surface area contributed by atoms with Gasteiger partial charge in [-0.25, -0.2) is 4.39 Å². The Morgan fingerprint density at radius 2 is 2.27 bits per heavy atom. The van der Waals surface area contributed by atoms with Crippen molar-refractivity contribution in [3.63, 3.8) is 0 Å². The van der Waals surface area contributed by atoms with E-state index in [9.17, 15) is 9.18 Å². The number of Topliss-reactive ketones (excluding diaryl/α,β-unsaturated/α-hetero) is 1. The molecule has 0 aliphatic carbocycles. The molecular weight excluding hydrogens is 219 g/mol. The van der Waals surface area contributed by atoms with Crippen LogP contribution in [-0.4, -0.2) is 19.0 Å². The third kappa shape index (κ3) is 3.29. The fourth-order valence-electron chi connectivity index (χ4n) is 1.15. The lowest BCUT2D eigenvalue weighted by Crippen LogP contribution is -2.12. The first-order valence-corrected chi connectivity index (χ1v) is 5.09. The number of ketones is 1. The SMILES string of the molecule is CCCOCC(=O)c1c(F)cccc1Cl. The van der Waals surface area contributed by atoms with Crippen LogP contribution in [0.1, 0.15) is 23.7 Å². The van der Waals surface area contributed by atoms with Gasteiger partial charge in [-0.1, -0.05) is 24.6 Å². The Morgan fingerprint density at radius 1 is 1.53 bits per heavy atom. The van der Waals surface area contributed by atoms with Crippen LogP contribution in [0.5, 0.6) is 0 Å². The second kappa shape index (κ2) is 5.83. The van der Waals surface area contributed by atoms with Crippen molar-refractivity contribution >= 4 is 17.4 Å². The Morgan fingerprint density at radius 3 is 2.87 bits per heavy atom. The van der Waals surface area contributed by atoms with Crippen molar-refractivity contribution < 1.29 is 13.9 Å². The molecule has 0 unspecified atom stereocenters. The quantitative estimate of drug-likeness (QED) is 0.574. The summed E-state index contributed by atoms with van der Waals surface area (Å²) in [4.78, 5) is 11.5. The molecule has 1 aromatic carbocycles. The van der Waals surface area contributed by atoms with E-state index in [0.29, 0.717) is 6.61 Å². The van der Waals surface area contributed by atoms with Crippen LogP contribution in [-0.2, 0) is 4.74 Å². The Balaban J connectivity index is 2.73. The van der Waals surface area contributed by atoms with Crippen molar-refractivity contribution in [2.45, 2.75) is 13.3 Å². The highest BCUT2D eigenvalue weighted by Crippen LogP contribution is 2.19. The molecule has 2 nitrogen and oxygen atoms in total. The fraction of sp³-hybridized carbons (Fsp3) is 0.364. The van der Waals surface area contributed by atoms with Crippen LogP contribution in [0.15, 0.2) is 18.2 Å². The Labute approximate surface area is 93.0 Å². The lowest BCUT2D eigenvalue weighted by atomic mass is 10.1. The third-order valence-electron chi connectivity index (χ3n) is 1.82. The first-order chi connectivity index (χ1) is 7.16. The van der Waals surface area contributed by atoms with E-state index in [0.717, 1.165) is 6.42 Å². The molecule has 0 aliphatic rings. The van der Waals surface area contributed by atoms with Crippen molar-refractivity contribution in [2.75, 3.05) is 13.2 Å². The predicted molar refractivity (Wildman–Crippen MR) is 56.9 cm³/mol. The Hall–Kier alpha value is -0.930. The van der Waals surface area contributed by atoms with Gasteiger partial charge in [0.1, 0.15) is 12.4 Å². The molecule has 0 bridgehead atoms. The molecule has 0 saturated carbocycles. The van der Waals surface area contributed by atoms with E-state index in [1.165, 1.54) is 18.2 Å². The number of benzene rings is 1. The first-order valence-electron chi connectivity index (χ1n) is 4.71. The summed E-state index contributed by atoms with van der Waals surface area (Å²) in [7, 11) is 0. The molecule has 0 aliphatic heterocycles. The highest BCUT2D eigenvalue weighted by molar-refractivity contribution is 6.34. The predicted octanol–water partition coefficient (Wildman–Crippen LogP) is 3.09. The number of halogens is 2. The molecule has 0 amide bonds. The van der Waals surface area contributed by atoms with Crippen molar-refractivity contribution in [1.29, 1.82) is 0 Å². The molecule has 1 aromatic rings. The second-order valence-corrected chi connectivity index (χ2v) is 3.48. The summed E-state index contributed by atoms with van der Waals surface area (Å²) in [6, 6.07) is 4.15. The van der Waals surface area contributed by atoms with Crippen LogP contribution in [0.25, 0.3) is 0 Å². The van der Waals surface area contributed by atoms with Gasteiger partial charge in [0.2, 0.25) is 0 Å². The number of hydrogen-bond donors (Lipinski definition) is 0. The van der Waals surface area contributed by atoms with Gasteiger partial charge in [-0.2, -0.15) is 0 Å². The van der Waals surface area contributed by atoms with E-state index < -0.39 is 11.6 Å². The molecule has 0 atom stereocenters. The fourth-order valence-corrected chi connectivity index (χ4v) is 1.41. The zero-order chi connectivity index (χ0) is 11.3. The highest BCUT2D eigenvalue weighted by Gasteiger charge is 2.15. The molecule has 82 valence electrons. The molecular formula is C11H12ClFO2. The minimum absolute atomic E-state index is 0.0877. The summed E-state index contributed by atoms with van der Waals surface area (Å²) in [5.41, 5.74) is -0.0877. The van der Waals surface area contributed by atoms with E-state index in [1.807, 2.05) is 6.92 Å². The first kappa shape index (κ1) is 12.1. The number of carbonyl (C=O) groups excluding carboxylic acids is 1. The van der Waals surface area contributed by atoms with Crippen LogP contribution >= 0.6 is 11.6 Å². The van der Waals surface area contributed by atoms with Crippen LogP contribution < -0.4 is 0 Å². The van der Waals surface area contributed by atoms with Gasteiger partial charge in [-0.15, -0.1) is 0 Å². The molecule has 0 radical (unpaired) electrons. The normalized spacial score (nSPS) is 10.3. The van der Waals surface area contributed by atoms with Crippen LogP contribution in [0.2, 0.25) is 5.02 Å². The summed E-state index contributed by atoms with van der Waals surface area (Å²) in [5, 5.41) is 0.125. The summed E-state index contributed by atoms with van der Waals surface area (Å²) in [6.45, 7) is 2.28.